The van der Waals surface area contributed by atoms with Crippen LogP contribution in [0.2, 0.25) is 0 Å². The SMILES string of the molecule is CCC1NC(=O)C(C)N(C2(C)CCOCC2)C1=O. The van der Waals surface area contributed by atoms with Gasteiger partial charge in [0.1, 0.15) is 12.1 Å². The van der Waals surface area contributed by atoms with Gasteiger partial charge in [0, 0.05) is 18.8 Å². The van der Waals surface area contributed by atoms with Crippen LogP contribution in [0.5, 0.6) is 0 Å². The van der Waals surface area contributed by atoms with Gasteiger partial charge in [0.2, 0.25) is 11.8 Å². The molecule has 0 saturated carbocycles. The van der Waals surface area contributed by atoms with Crippen LogP contribution in [0, 0.1) is 0 Å². The van der Waals surface area contributed by atoms with E-state index in [1.165, 1.54) is 0 Å². The number of rotatable bonds is 2. The molecule has 0 spiro atoms. The number of carbonyl (C=O) groups excluding carboxylic acids is 2. The van der Waals surface area contributed by atoms with Crippen LogP contribution in [0.4, 0.5) is 0 Å². The van der Waals surface area contributed by atoms with Crippen molar-refractivity contribution in [2.24, 2.45) is 0 Å². The van der Waals surface area contributed by atoms with Crippen LogP contribution in [-0.2, 0) is 14.3 Å². The van der Waals surface area contributed by atoms with Crippen LogP contribution in [0.3, 0.4) is 0 Å². The van der Waals surface area contributed by atoms with E-state index in [2.05, 4.69) is 12.2 Å². The molecule has 18 heavy (non-hydrogen) atoms. The maximum atomic E-state index is 12.5. The Morgan fingerprint density at radius 2 is 2.00 bits per heavy atom. The number of hydrogen-bond donors (Lipinski definition) is 1. The minimum Gasteiger partial charge on any atom is -0.381 e. The van der Waals surface area contributed by atoms with Crippen LogP contribution in [0.15, 0.2) is 0 Å². The molecular formula is C13H22N2O3. The van der Waals surface area contributed by atoms with E-state index in [4.69, 9.17) is 4.74 Å². The maximum Gasteiger partial charge on any atom is 0.246 e. The summed E-state index contributed by atoms with van der Waals surface area (Å²) in [5.41, 5.74) is -0.250. The molecule has 2 fully saturated rings. The third-order valence-corrected chi connectivity index (χ3v) is 4.18. The van der Waals surface area contributed by atoms with Gasteiger partial charge in [-0.05, 0) is 33.1 Å². The number of nitrogens with one attached hydrogen (secondary N) is 1. The topological polar surface area (TPSA) is 58.6 Å². The molecule has 2 amide bonds. The molecule has 1 N–H and O–H groups in total. The Morgan fingerprint density at radius 1 is 1.39 bits per heavy atom. The number of amides is 2. The van der Waals surface area contributed by atoms with Crippen LogP contribution in [0.1, 0.15) is 40.0 Å². The summed E-state index contributed by atoms with van der Waals surface area (Å²) in [4.78, 5) is 26.2. The minimum absolute atomic E-state index is 0.0471. The second-order valence-electron chi connectivity index (χ2n) is 5.46. The smallest absolute Gasteiger partial charge is 0.246 e. The Hall–Kier alpha value is -1.10. The quantitative estimate of drug-likeness (QED) is 0.788. The first-order valence-corrected chi connectivity index (χ1v) is 6.71. The van der Waals surface area contributed by atoms with Gasteiger partial charge >= 0.3 is 0 Å². The summed E-state index contributed by atoms with van der Waals surface area (Å²) in [5.74, 6) is 0.00293. The molecule has 0 bridgehead atoms. The second kappa shape index (κ2) is 4.88. The largest absolute Gasteiger partial charge is 0.381 e. The van der Waals surface area contributed by atoms with E-state index in [1.807, 2.05) is 6.92 Å². The van der Waals surface area contributed by atoms with E-state index in [0.29, 0.717) is 19.6 Å². The average molecular weight is 254 g/mol. The van der Waals surface area contributed by atoms with E-state index < -0.39 is 0 Å². The number of carbonyl (C=O) groups is 2. The van der Waals surface area contributed by atoms with Crippen molar-refractivity contribution >= 4 is 11.8 Å². The summed E-state index contributed by atoms with van der Waals surface area (Å²) >= 11 is 0. The van der Waals surface area contributed by atoms with E-state index in [0.717, 1.165) is 12.8 Å². The van der Waals surface area contributed by atoms with Crippen molar-refractivity contribution in [3.05, 3.63) is 0 Å². The van der Waals surface area contributed by atoms with Crippen LogP contribution >= 0.6 is 0 Å². The zero-order valence-corrected chi connectivity index (χ0v) is 11.4. The zero-order valence-electron chi connectivity index (χ0n) is 11.4. The molecule has 0 aliphatic carbocycles. The first-order valence-electron chi connectivity index (χ1n) is 6.71. The third-order valence-electron chi connectivity index (χ3n) is 4.18. The number of ether oxygens (including phenoxy) is 1. The second-order valence-corrected chi connectivity index (χ2v) is 5.46. The minimum atomic E-state index is -0.386. The predicted octanol–water partition coefficient (Wildman–Crippen LogP) is 0.681. The highest BCUT2D eigenvalue weighted by molar-refractivity contribution is 5.97. The third kappa shape index (κ3) is 2.11. The summed E-state index contributed by atoms with van der Waals surface area (Å²) in [6.07, 6.45) is 2.24. The summed E-state index contributed by atoms with van der Waals surface area (Å²) < 4.78 is 5.37. The normalized spacial score (nSPS) is 32.3. The first-order chi connectivity index (χ1) is 8.49. The highest BCUT2D eigenvalue weighted by Crippen LogP contribution is 2.31. The Bertz CT molecular complexity index is 350. The van der Waals surface area contributed by atoms with Gasteiger partial charge in [-0.15, -0.1) is 0 Å². The van der Waals surface area contributed by atoms with Crippen molar-refractivity contribution in [1.82, 2.24) is 10.2 Å². The van der Waals surface area contributed by atoms with Crippen molar-refractivity contribution in [3.8, 4) is 0 Å². The molecule has 2 heterocycles. The molecule has 2 aliphatic heterocycles. The van der Waals surface area contributed by atoms with Gasteiger partial charge in [0.05, 0.1) is 0 Å². The highest BCUT2D eigenvalue weighted by Gasteiger charge is 2.46. The van der Waals surface area contributed by atoms with E-state index in [-0.39, 0.29) is 29.4 Å². The number of piperazine rings is 1. The Labute approximate surface area is 108 Å². The predicted molar refractivity (Wildman–Crippen MR) is 67.0 cm³/mol. The van der Waals surface area contributed by atoms with Gasteiger partial charge in [-0.25, -0.2) is 0 Å². The number of nitrogens with zero attached hydrogens (tertiary/aromatic N) is 1. The van der Waals surface area contributed by atoms with Gasteiger partial charge in [-0.3, -0.25) is 9.59 Å². The van der Waals surface area contributed by atoms with Crippen molar-refractivity contribution < 1.29 is 14.3 Å². The molecular weight excluding hydrogens is 232 g/mol. The lowest BCUT2D eigenvalue weighted by molar-refractivity contribution is -0.159. The molecule has 5 heteroatoms. The molecule has 0 aromatic carbocycles. The van der Waals surface area contributed by atoms with Crippen molar-refractivity contribution in [1.29, 1.82) is 0 Å². The Morgan fingerprint density at radius 3 is 2.56 bits per heavy atom. The highest BCUT2D eigenvalue weighted by atomic mass is 16.5. The zero-order chi connectivity index (χ0) is 13.3. The summed E-state index contributed by atoms with van der Waals surface area (Å²) in [6, 6.07) is -0.753. The van der Waals surface area contributed by atoms with Gasteiger partial charge in [-0.1, -0.05) is 6.92 Å². The van der Waals surface area contributed by atoms with Gasteiger partial charge in [0.15, 0.2) is 0 Å². The fourth-order valence-electron chi connectivity index (χ4n) is 2.89. The Kier molecular flexibility index (Phi) is 3.61. The molecule has 0 aromatic rings. The first kappa shape index (κ1) is 13.3. The van der Waals surface area contributed by atoms with Crippen LogP contribution in [0.25, 0.3) is 0 Å². The van der Waals surface area contributed by atoms with E-state index >= 15 is 0 Å². The maximum absolute atomic E-state index is 12.5. The standard InChI is InChI=1S/C13H22N2O3/c1-4-10-12(17)15(9(2)11(16)14-10)13(3)5-7-18-8-6-13/h9-10H,4-8H2,1-3H3,(H,14,16). The number of hydrogen-bond acceptors (Lipinski definition) is 3. The molecule has 0 aromatic heterocycles. The summed E-state index contributed by atoms with van der Waals surface area (Å²) in [5, 5.41) is 2.79. The molecule has 2 atom stereocenters. The fourth-order valence-corrected chi connectivity index (χ4v) is 2.89. The van der Waals surface area contributed by atoms with Crippen molar-refractivity contribution in [3.63, 3.8) is 0 Å². The lowest BCUT2D eigenvalue weighted by Gasteiger charge is -2.50. The van der Waals surface area contributed by atoms with Crippen LogP contribution < -0.4 is 5.32 Å². The molecule has 2 unspecified atom stereocenters. The molecule has 2 rings (SSSR count). The Balaban J connectivity index is 2.27. The average Bonchev–Trinajstić information content (AvgIpc) is 2.34. The van der Waals surface area contributed by atoms with Crippen molar-refractivity contribution in [2.45, 2.75) is 57.7 Å². The summed E-state index contributed by atoms with van der Waals surface area (Å²) in [6.45, 7) is 7.11. The molecule has 102 valence electrons. The van der Waals surface area contributed by atoms with E-state index in [1.54, 1.807) is 11.8 Å². The molecule has 2 aliphatic rings. The van der Waals surface area contributed by atoms with Crippen molar-refractivity contribution in [2.75, 3.05) is 13.2 Å². The lowest BCUT2D eigenvalue weighted by atomic mass is 9.86. The van der Waals surface area contributed by atoms with Crippen LogP contribution in [-0.4, -0.2) is 47.6 Å². The molecule has 0 radical (unpaired) electrons. The monoisotopic (exact) mass is 254 g/mol. The van der Waals surface area contributed by atoms with Gasteiger partial charge < -0.3 is 15.0 Å². The van der Waals surface area contributed by atoms with E-state index in [9.17, 15) is 9.59 Å². The molecule has 5 nitrogen and oxygen atoms in total. The lowest BCUT2D eigenvalue weighted by Crippen LogP contribution is -2.68. The summed E-state index contributed by atoms with van der Waals surface area (Å²) in [7, 11) is 0. The molecule has 2 saturated heterocycles. The fraction of sp³-hybridized carbons (Fsp3) is 0.846. The van der Waals surface area contributed by atoms with Gasteiger partial charge in [-0.2, -0.15) is 0 Å². The van der Waals surface area contributed by atoms with Gasteiger partial charge in [0.25, 0.3) is 0 Å².